The van der Waals surface area contributed by atoms with E-state index in [1.54, 1.807) is 32.3 Å². The van der Waals surface area contributed by atoms with Gasteiger partial charge in [-0.2, -0.15) is 0 Å². The molecule has 184 valence electrons. The van der Waals surface area contributed by atoms with E-state index in [2.05, 4.69) is 4.74 Å². The Labute approximate surface area is 207 Å². The number of hydrogen-bond donors (Lipinski definition) is 0. The SMILES string of the molecule is COC(=O)/C=C/c1cccc(N(Cc2ccc(/C=C/C(=O)N(C)C)cc2)C(=O)C2CCCCC2)c1. The number of carbonyl (C=O) groups excluding carboxylic acids is 3. The fraction of sp³-hybridized carbons (Fsp3) is 0.345. The second kappa shape index (κ2) is 12.7. The van der Waals surface area contributed by atoms with Crippen molar-refractivity contribution >= 4 is 35.6 Å². The molecule has 0 heterocycles. The maximum atomic E-state index is 13.6. The third-order valence-corrected chi connectivity index (χ3v) is 6.19. The van der Waals surface area contributed by atoms with Gasteiger partial charge in [0.15, 0.2) is 0 Å². The molecule has 3 rings (SSSR count). The van der Waals surface area contributed by atoms with Crippen LogP contribution in [-0.2, 0) is 25.7 Å². The zero-order chi connectivity index (χ0) is 25.2. The Hall–Kier alpha value is -3.67. The number of benzene rings is 2. The van der Waals surface area contributed by atoms with Crippen LogP contribution >= 0.6 is 0 Å². The summed E-state index contributed by atoms with van der Waals surface area (Å²) in [6.07, 6.45) is 11.6. The molecule has 1 aliphatic carbocycles. The minimum Gasteiger partial charge on any atom is -0.466 e. The second-order valence-corrected chi connectivity index (χ2v) is 9.02. The van der Waals surface area contributed by atoms with Crippen molar-refractivity contribution in [1.29, 1.82) is 0 Å². The van der Waals surface area contributed by atoms with Gasteiger partial charge in [-0.25, -0.2) is 4.79 Å². The summed E-state index contributed by atoms with van der Waals surface area (Å²) in [5.74, 6) is -0.331. The number of rotatable bonds is 8. The maximum absolute atomic E-state index is 13.6. The number of hydrogen-bond acceptors (Lipinski definition) is 4. The monoisotopic (exact) mass is 474 g/mol. The van der Waals surface area contributed by atoms with E-state index in [0.717, 1.165) is 48.1 Å². The minimum atomic E-state index is -0.424. The van der Waals surface area contributed by atoms with Gasteiger partial charge in [0.1, 0.15) is 0 Å². The Morgan fingerprint density at radius 2 is 1.60 bits per heavy atom. The van der Waals surface area contributed by atoms with Crippen LogP contribution in [0.1, 0.15) is 48.8 Å². The summed E-state index contributed by atoms with van der Waals surface area (Å²) in [4.78, 5) is 40.3. The Kier molecular flexibility index (Phi) is 9.41. The molecule has 0 unspecified atom stereocenters. The number of amides is 2. The Morgan fingerprint density at radius 1 is 0.914 bits per heavy atom. The second-order valence-electron chi connectivity index (χ2n) is 9.02. The molecular formula is C29H34N2O4. The molecule has 6 heteroatoms. The van der Waals surface area contributed by atoms with Gasteiger partial charge < -0.3 is 14.5 Å². The lowest BCUT2D eigenvalue weighted by Gasteiger charge is -2.30. The number of nitrogens with zero attached hydrogens (tertiary/aromatic N) is 2. The van der Waals surface area contributed by atoms with Gasteiger partial charge in [0.25, 0.3) is 0 Å². The van der Waals surface area contributed by atoms with Crippen LogP contribution in [0, 0.1) is 5.92 Å². The molecule has 1 saturated carbocycles. The average molecular weight is 475 g/mol. The molecule has 0 radical (unpaired) electrons. The van der Waals surface area contributed by atoms with Gasteiger partial charge in [-0.3, -0.25) is 9.59 Å². The van der Waals surface area contributed by atoms with E-state index in [9.17, 15) is 14.4 Å². The van der Waals surface area contributed by atoms with Gasteiger partial charge in [0, 0.05) is 37.9 Å². The Balaban J connectivity index is 1.84. The molecule has 0 aromatic heterocycles. The van der Waals surface area contributed by atoms with E-state index < -0.39 is 5.97 Å². The smallest absolute Gasteiger partial charge is 0.330 e. The van der Waals surface area contributed by atoms with Gasteiger partial charge in [0.2, 0.25) is 11.8 Å². The van der Waals surface area contributed by atoms with E-state index in [1.807, 2.05) is 53.4 Å². The largest absolute Gasteiger partial charge is 0.466 e. The molecule has 0 N–H and O–H groups in total. The molecule has 2 amide bonds. The molecule has 1 aliphatic rings. The molecule has 0 saturated heterocycles. The van der Waals surface area contributed by atoms with Crippen molar-refractivity contribution in [2.75, 3.05) is 26.1 Å². The zero-order valence-electron chi connectivity index (χ0n) is 20.8. The van der Waals surface area contributed by atoms with Gasteiger partial charge in [-0.15, -0.1) is 0 Å². The van der Waals surface area contributed by atoms with E-state index in [-0.39, 0.29) is 17.7 Å². The molecular weight excluding hydrogens is 440 g/mol. The molecule has 2 aromatic carbocycles. The number of esters is 1. The van der Waals surface area contributed by atoms with Crippen molar-refractivity contribution in [2.24, 2.45) is 5.92 Å². The maximum Gasteiger partial charge on any atom is 0.330 e. The van der Waals surface area contributed by atoms with Crippen LogP contribution in [0.4, 0.5) is 5.69 Å². The summed E-state index contributed by atoms with van der Waals surface area (Å²) >= 11 is 0. The number of carbonyl (C=O) groups is 3. The fourth-order valence-corrected chi connectivity index (χ4v) is 4.13. The van der Waals surface area contributed by atoms with Crippen LogP contribution in [-0.4, -0.2) is 43.9 Å². The van der Waals surface area contributed by atoms with Gasteiger partial charge in [-0.1, -0.05) is 55.7 Å². The predicted molar refractivity (Wildman–Crippen MR) is 139 cm³/mol. The first-order valence-corrected chi connectivity index (χ1v) is 12.0. The molecule has 0 atom stereocenters. The number of likely N-dealkylation sites (N-methyl/N-ethyl adjacent to an activating group) is 1. The molecule has 1 fully saturated rings. The average Bonchev–Trinajstić information content (AvgIpc) is 2.89. The van der Waals surface area contributed by atoms with Crippen molar-refractivity contribution in [3.8, 4) is 0 Å². The first-order chi connectivity index (χ1) is 16.9. The summed E-state index contributed by atoms with van der Waals surface area (Å²) < 4.78 is 4.68. The Morgan fingerprint density at radius 3 is 2.26 bits per heavy atom. The Bertz CT molecular complexity index is 1080. The first kappa shape index (κ1) is 25.9. The lowest BCUT2D eigenvalue weighted by molar-refractivity contribution is -0.134. The number of anilines is 1. The van der Waals surface area contributed by atoms with Crippen molar-refractivity contribution in [2.45, 2.75) is 38.6 Å². The predicted octanol–water partition coefficient (Wildman–Crippen LogP) is 5.09. The molecule has 35 heavy (non-hydrogen) atoms. The summed E-state index contributed by atoms with van der Waals surface area (Å²) in [6, 6.07) is 15.5. The van der Waals surface area contributed by atoms with E-state index >= 15 is 0 Å². The summed E-state index contributed by atoms with van der Waals surface area (Å²) in [5.41, 5.74) is 3.54. The minimum absolute atomic E-state index is 0.0252. The highest BCUT2D eigenvalue weighted by atomic mass is 16.5. The van der Waals surface area contributed by atoms with Crippen LogP contribution in [0.3, 0.4) is 0 Å². The topological polar surface area (TPSA) is 66.9 Å². The fourth-order valence-electron chi connectivity index (χ4n) is 4.13. The normalized spacial score (nSPS) is 14.3. The quantitative estimate of drug-likeness (QED) is 0.395. The van der Waals surface area contributed by atoms with Crippen molar-refractivity contribution in [3.63, 3.8) is 0 Å². The third kappa shape index (κ3) is 7.67. The lowest BCUT2D eigenvalue weighted by Crippen LogP contribution is -2.36. The highest BCUT2D eigenvalue weighted by Gasteiger charge is 2.27. The van der Waals surface area contributed by atoms with Crippen LogP contribution in [0.5, 0.6) is 0 Å². The standard InChI is InChI=1S/C29H34N2O4/c1-30(2)27(32)18-16-22-12-14-24(15-13-22)21-31(29(34)25-9-5-4-6-10-25)26-11-7-8-23(20-26)17-19-28(33)35-3/h7-8,11-20,25H,4-6,9-10,21H2,1-3H3/b18-16+,19-17+. The van der Waals surface area contributed by atoms with Crippen molar-refractivity contribution < 1.29 is 19.1 Å². The van der Waals surface area contributed by atoms with Crippen molar-refractivity contribution in [1.82, 2.24) is 4.90 Å². The van der Waals surface area contributed by atoms with E-state index in [4.69, 9.17) is 0 Å². The van der Waals surface area contributed by atoms with Crippen LogP contribution in [0.25, 0.3) is 12.2 Å². The van der Waals surface area contributed by atoms with E-state index in [0.29, 0.717) is 6.54 Å². The summed E-state index contributed by atoms with van der Waals surface area (Å²) in [7, 11) is 4.77. The molecule has 6 nitrogen and oxygen atoms in total. The van der Waals surface area contributed by atoms with Crippen LogP contribution in [0.15, 0.2) is 60.7 Å². The van der Waals surface area contributed by atoms with Gasteiger partial charge in [-0.05, 0) is 53.8 Å². The van der Waals surface area contributed by atoms with E-state index in [1.165, 1.54) is 24.5 Å². The van der Waals surface area contributed by atoms with Gasteiger partial charge in [0.05, 0.1) is 13.7 Å². The number of methoxy groups -OCH3 is 1. The zero-order valence-corrected chi connectivity index (χ0v) is 20.8. The van der Waals surface area contributed by atoms with Crippen molar-refractivity contribution in [3.05, 3.63) is 77.4 Å². The van der Waals surface area contributed by atoms with Crippen LogP contribution < -0.4 is 4.90 Å². The summed E-state index contributed by atoms with van der Waals surface area (Å²) in [6.45, 7) is 0.445. The summed E-state index contributed by atoms with van der Waals surface area (Å²) in [5, 5.41) is 0. The highest BCUT2D eigenvalue weighted by molar-refractivity contribution is 5.95. The molecule has 0 bridgehead atoms. The molecule has 0 spiro atoms. The first-order valence-electron chi connectivity index (χ1n) is 12.0. The molecule has 0 aliphatic heterocycles. The number of ether oxygens (including phenoxy) is 1. The van der Waals surface area contributed by atoms with Crippen LogP contribution in [0.2, 0.25) is 0 Å². The molecule has 2 aromatic rings. The van der Waals surface area contributed by atoms with Gasteiger partial charge >= 0.3 is 5.97 Å². The third-order valence-electron chi connectivity index (χ3n) is 6.19. The lowest BCUT2D eigenvalue weighted by atomic mass is 9.88. The highest BCUT2D eigenvalue weighted by Crippen LogP contribution is 2.29.